The summed E-state index contributed by atoms with van der Waals surface area (Å²) in [5, 5.41) is 0. The summed E-state index contributed by atoms with van der Waals surface area (Å²) in [5.74, 6) is 0. The Kier molecular flexibility index (Phi) is 8.94. The zero-order valence-electron chi connectivity index (χ0n) is 24.6. The average molecular weight is 1030 g/mol. The molecule has 0 N–H and O–H groups in total. The minimum atomic E-state index is -0.176. The molecule has 0 radical (unpaired) electrons. The third-order valence-electron chi connectivity index (χ3n) is 8.50. The number of anilines is 6. The van der Waals surface area contributed by atoms with Crippen molar-refractivity contribution >= 4 is 124 Å². The number of fused-ring (bicyclic) bond motifs is 3. The van der Waals surface area contributed by atoms with Crippen molar-refractivity contribution in [2.24, 2.45) is 0 Å². The molecule has 0 saturated carbocycles. The molecule has 45 heavy (non-hydrogen) atoms. The lowest BCUT2D eigenvalue weighted by molar-refractivity contribution is 0.660. The monoisotopic (exact) mass is 1030 g/mol. The van der Waals surface area contributed by atoms with Crippen LogP contribution in [0.15, 0.2) is 133 Å². The van der Waals surface area contributed by atoms with Crippen LogP contribution < -0.4 is 9.80 Å². The first-order chi connectivity index (χ1) is 21.7. The highest BCUT2D eigenvalue weighted by Gasteiger charge is 2.36. The van der Waals surface area contributed by atoms with Crippen molar-refractivity contribution in [3.8, 4) is 11.1 Å². The van der Waals surface area contributed by atoms with Crippen LogP contribution >= 0.6 is 90.4 Å². The van der Waals surface area contributed by atoms with Gasteiger partial charge >= 0.3 is 0 Å². The normalized spacial score (nSPS) is 12.8. The van der Waals surface area contributed by atoms with Crippen molar-refractivity contribution in [3.63, 3.8) is 0 Å². The van der Waals surface area contributed by atoms with Crippen molar-refractivity contribution in [1.29, 1.82) is 0 Å². The Morgan fingerprint density at radius 3 is 0.867 bits per heavy atom. The second-order valence-electron chi connectivity index (χ2n) is 11.7. The lowest BCUT2D eigenvalue weighted by Gasteiger charge is -2.29. The van der Waals surface area contributed by atoms with E-state index < -0.39 is 0 Å². The molecule has 0 saturated heterocycles. The molecule has 0 aromatic heterocycles. The van der Waals surface area contributed by atoms with Crippen molar-refractivity contribution in [2.45, 2.75) is 19.3 Å². The molecular weight excluding hydrogens is 1000 g/mol. The molecule has 1 aliphatic rings. The summed E-state index contributed by atoms with van der Waals surface area (Å²) in [6.45, 7) is 4.73. The SMILES string of the molecule is CC1(C)c2cc(N(c3ccc(I)cc3)c3ccc(I)cc3)ccc2-c2ccc(N(c3ccc(I)cc3)c3ccc(I)cc3)cc21. The minimum Gasteiger partial charge on any atom is -0.310 e. The van der Waals surface area contributed by atoms with Gasteiger partial charge in [0.25, 0.3) is 0 Å². The molecule has 0 atom stereocenters. The third-order valence-corrected chi connectivity index (χ3v) is 11.4. The van der Waals surface area contributed by atoms with Crippen LogP contribution in [-0.2, 0) is 5.41 Å². The van der Waals surface area contributed by atoms with Gasteiger partial charge in [0, 0.05) is 53.8 Å². The van der Waals surface area contributed by atoms with Gasteiger partial charge in [0.15, 0.2) is 0 Å². The molecule has 7 rings (SSSR count). The standard InChI is InChI=1S/C39H28I4N2/c1-39(2)37-23-33(44(29-11-3-25(40)4-12-29)30-13-5-26(41)6-14-30)19-21-35(37)36-22-20-34(24-38(36)39)45(31-15-7-27(42)8-16-31)32-17-9-28(43)10-18-32/h3-24H,1-2H3. The average Bonchev–Trinajstić information content (AvgIpc) is 3.26. The summed E-state index contributed by atoms with van der Waals surface area (Å²) in [7, 11) is 0. The van der Waals surface area contributed by atoms with Crippen molar-refractivity contribution in [2.75, 3.05) is 9.80 Å². The second kappa shape index (κ2) is 12.8. The van der Waals surface area contributed by atoms with Gasteiger partial charge in [0.1, 0.15) is 0 Å². The Labute approximate surface area is 319 Å². The van der Waals surface area contributed by atoms with Crippen LogP contribution in [0.2, 0.25) is 0 Å². The number of benzene rings is 6. The first kappa shape index (κ1) is 31.4. The van der Waals surface area contributed by atoms with E-state index in [4.69, 9.17) is 0 Å². The van der Waals surface area contributed by atoms with Crippen LogP contribution in [0.3, 0.4) is 0 Å². The highest BCUT2D eigenvalue weighted by Crippen LogP contribution is 2.52. The zero-order valence-corrected chi connectivity index (χ0v) is 33.2. The van der Waals surface area contributed by atoms with E-state index in [1.807, 2.05) is 0 Å². The maximum atomic E-state index is 2.40. The van der Waals surface area contributed by atoms with Gasteiger partial charge < -0.3 is 9.80 Å². The summed E-state index contributed by atoms with van der Waals surface area (Å²) >= 11 is 9.50. The Morgan fingerprint density at radius 2 is 0.600 bits per heavy atom. The lowest BCUT2D eigenvalue weighted by Crippen LogP contribution is -2.17. The van der Waals surface area contributed by atoms with Crippen LogP contribution in [0.1, 0.15) is 25.0 Å². The fourth-order valence-electron chi connectivity index (χ4n) is 6.25. The van der Waals surface area contributed by atoms with Gasteiger partial charge in [-0.05, 0) is 234 Å². The number of halogens is 4. The first-order valence-electron chi connectivity index (χ1n) is 14.6. The van der Waals surface area contributed by atoms with Crippen molar-refractivity contribution in [1.82, 2.24) is 0 Å². The van der Waals surface area contributed by atoms with E-state index in [-0.39, 0.29) is 5.41 Å². The van der Waals surface area contributed by atoms with E-state index >= 15 is 0 Å². The molecular formula is C39H28I4N2. The number of hydrogen-bond acceptors (Lipinski definition) is 2. The number of rotatable bonds is 6. The van der Waals surface area contributed by atoms with Crippen LogP contribution in [0.4, 0.5) is 34.1 Å². The number of nitrogens with zero attached hydrogens (tertiary/aromatic N) is 2. The van der Waals surface area contributed by atoms with Crippen LogP contribution in [0.25, 0.3) is 11.1 Å². The molecule has 0 aliphatic heterocycles. The molecule has 6 aromatic carbocycles. The Balaban J connectivity index is 1.33. The van der Waals surface area contributed by atoms with Gasteiger partial charge in [-0.15, -0.1) is 0 Å². The molecule has 0 bridgehead atoms. The Morgan fingerprint density at radius 1 is 0.356 bits per heavy atom. The lowest BCUT2D eigenvalue weighted by atomic mass is 9.82. The van der Waals surface area contributed by atoms with Crippen LogP contribution in [0.5, 0.6) is 0 Å². The van der Waals surface area contributed by atoms with E-state index in [9.17, 15) is 0 Å². The molecule has 0 spiro atoms. The summed E-state index contributed by atoms with van der Waals surface area (Å²) in [5.41, 5.74) is 12.1. The third kappa shape index (κ3) is 6.16. The zero-order chi connectivity index (χ0) is 31.3. The van der Waals surface area contributed by atoms with E-state index in [1.165, 1.54) is 36.5 Å². The smallest absolute Gasteiger partial charge is 0.0465 e. The largest absolute Gasteiger partial charge is 0.310 e. The topological polar surface area (TPSA) is 6.48 Å². The highest BCUT2D eigenvalue weighted by molar-refractivity contribution is 14.1. The molecule has 0 heterocycles. The summed E-state index contributed by atoms with van der Waals surface area (Å²) in [4.78, 5) is 4.73. The van der Waals surface area contributed by atoms with Gasteiger partial charge in [0.2, 0.25) is 0 Å². The van der Waals surface area contributed by atoms with E-state index in [1.54, 1.807) is 0 Å². The van der Waals surface area contributed by atoms with Crippen LogP contribution in [-0.4, -0.2) is 0 Å². The second-order valence-corrected chi connectivity index (χ2v) is 16.6. The Bertz CT molecular complexity index is 1760. The molecule has 2 nitrogen and oxygen atoms in total. The molecule has 0 fully saturated rings. The van der Waals surface area contributed by atoms with Gasteiger partial charge in [-0.2, -0.15) is 0 Å². The molecule has 0 amide bonds. The van der Waals surface area contributed by atoms with Crippen LogP contribution in [0, 0.1) is 14.3 Å². The number of hydrogen-bond donors (Lipinski definition) is 0. The fraction of sp³-hybridized carbons (Fsp3) is 0.0769. The van der Waals surface area contributed by atoms with Crippen molar-refractivity contribution < 1.29 is 0 Å². The molecule has 222 valence electrons. The maximum absolute atomic E-state index is 2.40. The summed E-state index contributed by atoms with van der Waals surface area (Å²) in [6, 6.07) is 49.1. The van der Waals surface area contributed by atoms with Gasteiger partial charge in [-0.25, -0.2) is 0 Å². The Hall–Kier alpha value is -2.16. The van der Waals surface area contributed by atoms with Gasteiger partial charge in [0.05, 0.1) is 0 Å². The van der Waals surface area contributed by atoms with E-state index in [0.29, 0.717) is 0 Å². The molecule has 6 aromatic rings. The predicted octanol–water partition coefficient (Wildman–Crippen LogP) is 13.4. The molecule has 0 unspecified atom stereocenters. The van der Waals surface area contributed by atoms with Crippen molar-refractivity contribution in [3.05, 3.63) is 159 Å². The van der Waals surface area contributed by atoms with Gasteiger partial charge in [-0.3, -0.25) is 0 Å². The first-order valence-corrected chi connectivity index (χ1v) is 18.9. The molecule has 1 aliphatic carbocycles. The van der Waals surface area contributed by atoms with Gasteiger partial charge in [-0.1, -0.05) is 26.0 Å². The quantitative estimate of drug-likeness (QED) is 0.153. The fourth-order valence-corrected chi connectivity index (χ4v) is 7.69. The minimum absolute atomic E-state index is 0.176. The predicted molar refractivity (Wildman–Crippen MR) is 224 cm³/mol. The highest BCUT2D eigenvalue weighted by atomic mass is 127. The summed E-state index contributed by atoms with van der Waals surface area (Å²) < 4.78 is 4.91. The molecule has 6 heteroatoms. The summed E-state index contributed by atoms with van der Waals surface area (Å²) in [6.07, 6.45) is 0. The van der Waals surface area contributed by atoms with E-state index in [2.05, 4.69) is 247 Å². The maximum Gasteiger partial charge on any atom is 0.0465 e. The van der Waals surface area contributed by atoms with E-state index in [0.717, 1.165) is 34.1 Å².